The zero-order valence-electron chi connectivity index (χ0n) is 21.4. The monoisotopic (exact) mass is 551 g/mol. The van der Waals surface area contributed by atoms with Crippen LogP contribution in [0.3, 0.4) is 0 Å². The minimum atomic E-state index is -1.75. The number of hydrogen-bond donors (Lipinski definition) is 4. The van der Waals surface area contributed by atoms with E-state index in [0.29, 0.717) is 0 Å². The summed E-state index contributed by atoms with van der Waals surface area (Å²) in [6.45, 7) is 4.10. The molecule has 2 aliphatic heterocycles. The van der Waals surface area contributed by atoms with Crippen LogP contribution in [0.15, 0.2) is 0 Å². The maximum absolute atomic E-state index is 12.0. The Labute approximate surface area is 217 Å². The lowest BCUT2D eigenvalue weighted by Crippen LogP contribution is -2.68. The second-order valence-electron chi connectivity index (χ2n) is 8.63. The molecule has 0 saturated carbocycles. The van der Waals surface area contributed by atoms with E-state index in [9.17, 15) is 39.3 Å². The fourth-order valence-corrected chi connectivity index (χ4v) is 4.09. The fourth-order valence-electron chi connectivity index (χ4n) is 4.09. The predicted molar refractivity (Wildman–Crippen MR) is 118 cm³/mol. The number of carbonyl (C=O) groups excluding carboxylic acids is 5. The molecule has 216 valence electrons. The highest BCUT2D eigenvalue weighted by Crippen LogP contribution is 2.33. The molecular formula is C22H33NO15. The molecule has 1 unspecified atom stereocenters. The molecular weight excluding hydrogens is 518 g/mol. The van der Waals surface area contributed by atoms with E-state index in [4.69, 9.17) is 33.2 Å². The molecule has 2 heterocycles. The van der Waals surface area contributed by atoms with E-state index in [0.717, 1.165) is 34.6 Å². The Balaban J connectivity index is 2.54. The quantitative estimate of drug-likeness (QED) is 0.166. The maximum atomic E-state index is 12.0. The van der Waals surface area contributed by atoms with Crippen LogP contribution in [0, 0.1) is 0 Å². The van der Waals surface area contributed by atoms with E-state index >= 15 is 0 Å². The number of nitrogens with one attached hydrogen (secondary N) is 1. The molecule has 16 heteroatoms. The topological polar surface area (TPSA) is 223 Å². The number of aliphatic hydroxyl groups excluding tert-OH is 3. The van der Waals surface area contributed by atoms with Crippen LogP contribution >= 0.6 is 0 Å². The zero-order chi connectivity index (χ0) is 28.7. The lowest BCUT2D eigenvalue weighted by Gasteiger charge is -2.48. The minimum absolute atomic E-state index is 0.523. The van der Waals surface area contributed by atoms with Crippen molar-refractivity contribution in [2.24, 2.45) is 0 Å². The van der Waals surface area contributed by atoms with Crippen molar-refractivity contribution in [2.75, 3.05) is 13.2 Å². The van der Waals surface area contributed by atoms with Crippen LogP contribution in [-0.2, 0) is 57.1 Å². The van der Waals surface area contributed by atoms with Crippen molar-refractivity contribution in [1.29, 1.82) is 0 Å². The normalized spacial score (nSPS) is 34.9. The molecule has 0 radical (unpaired) electrons. The summed E-state index contributed by atoms with van der Waals surface area (Å²) in [6.07, 6.45) is -14.0. The van der Waals surface area contributed by atoms with Crippen LogP contribution in [-0.4, -0.2) is 120 Å². The van der Waals surface area contributed by atoms with Gasteiger partial charge in [0, 0.05) is 34.6 Å². The van der Waals surface area contributed by atoms with E-state index < -0.39 is 104 Å². The van der Waals surface area contributed by atoms with Crippen molar-refractivity contribution >= 4 is 29.8 Å². The predicted octanol–water partition coefficient (Wildman–Crippen LogP) is -2.97. The molecule has 0 aromatic heterocycles. The Kier molecular flexibility index (Phi) is 11.4. The average molecular weight is 551 g/mol. The molecule has 2 rings (SSSR count). The van der Waals surface area contributed by atoms with Crippen LogP contribution in [0.4, 0.5) is 0 Å². The highest BCUT2D eigenvalue weighted by molar-refractivity contribution is 5.73. The van der Waals surface area contributed by atoms with Gasteiger partial charge in [0.2, 0.25) is 5.91 Å². The van der Waals surface area contributed by atoms with E-state index in [1.807, 2.05) is 0 Å². The van der Waals surface area contributed by atoms with Gasteiger partial charge in [-0.1, -0.05) is 0 Å². The SMILES string of the molecule is CC(=O)N[C@H]1C(O)O[C@H](CO)[C@@H](O)[C@@H]1O[C@@H]1O[C@H](COC(C)=O)[C@@H](OC(C)=O)[C@H](OC(C)=O)[C@H]1OC(C)=O. The molecule has 2 saturated heterocycles. The highest BCUT2D eigenvalue weighted by Gasteiger charge is 2.55. The molecule has 10 atom stereocenters. The number of rotatable bonds is 9. The summed E-state index contributed by atoms with van der Waals surface area (Å²) in [6, 6.07) is -1.41. The summed E-state index contributed by atoms with van der Waals surface area (Å²) in [5.41, 5.74) is 0. The molecule has 4 N–H and O–H groups in total. The standard InChI is InChI=1S/C22H33NO15/c1-8(25)23-15-18(16(30)13(6-24)36-21(15)31)38-22-20(35-12(5)29)19(34-11(4)28)17(33-10(3)27)14(37-22)7-32-9(2)26/h13-22,24,30-31H,6-7H2,1-5H3,(H,23,25)/t13-,14-,15-,16-,17-,18-,19+,20-,21?,22+/m1/s1. The van der Waals surface area contributed by atoms with E-state index in [1.54, 1.807) is 0 Å². The summed E-state index contributed by atoms with van der Waals surface area (Å²) in [4.78, 5) is 59.0. The Morgan fingerprint density at radius 1 is 0.737 bits per heavy atom. The molecule has 1 amide bonds. The summed E-state index contributed by atoms with van der Waals surface area (Å²) in [5.74, 6) is -3.94. The fraction of sp³-hybridized carbons (Fsp3) is 0.773. The largest absolute Gasteiger partial charge is 0.463 e. The third kappa shape index (κ3) is 8.31. The van der Waals surface area contributed by atoms with Gasteiger partial charge in [-0.2, -0.15) is 0 Å². The van der Waals surface area contributed by atoms with Gasteiger partial charge in [0.05, 0.1) is 6.61 Å². The third-order valence-corrected chi connectivity index (χ3v) is 5.48. The lowest BCUT2D eigenvalue weighted by molar-refractivity contribution is -0.343. The van der Waals surface area contributed by atoms with Gasteiger partial charge in [0.15, 0.2) is 30.9 Å². The van der Waals surface area contributed by atoms with Gasteiger partial charge in [0.25, 0.3) is 0 Å². The van der Waals surface area contributed by atoms with Crippen molar-refractivity contribution in [2.45, 2.75) is 96.0 Å². The van der Waals surface area contributed by atoms with Crippen LogP contribution in [0.5, 0.6) is 0 Å². The molecule has 0 bridgehead atoms. The number of hydrogen-bond acceptors (Lipinski definition) is 15. The smallest absolute Gasteiger partial charge is 0.303 e. The second kappa shape index (κ2) is 13.8. The molecule has 0 aromatic rings. The summed E-state index contributed by atoms with van der Waals surface area (Å²) < 4.78 is 37.7. The summed E-state index contributed by atoms with van der Waals surface area (Å²) >= 11 is 0. The first-order valence-electron chi connectivity index (χ1n) is 11.6. The van der Waals surface area contributed by atoms with Crippen molar-refractivity contribution in [3.63, 3.8) is 0 Å². The van der Waals surface area contributed by atoms with Crippen LogP contribution in [0.25, 0.3) is 0 Å². The van der Waals surface area contributed by atoms with Gasteiger partial charge in [0.1, 0.15) is 37.1 Å². The molecule has 0 aromatic carbocycles. The van der Waals surface area contributed by atoms with Crippen molar-refractivity contribution in [3.8, 4) is 0 Å². The Morgan fingerprint density at radius 3 is 1.79 bits per heavy atom. The third-order valence-electron chi connectivity index (χ3n) is 5.48. The molecule has 0 aliphatic carbocycles. The van der Waals surface area contributed by atoms with E-state index in [2.05, 4.69) is 5.32 Å². The first-order chi connectivity index (χ1) is 17.7. The summed E-state index contributed by atoms with van der Waals surface area (Å²) in [5, 5.41) is 33.1. The first kappa shape index (κ1) is 31.3. The summed E-state index contributed by atoms with van der Waals surface area (Å²) in [7, 11) is 0. The number of carbonyl (C=O) groups is 5. The van der Waals surface area contributed by atoms with Gasteiger partial charge in [-0.05, 0) is 0 Å². The van der Waals surface area contributed by atoms with Crippen molar-refractivity contribution in [3.05, 3.63) is 0 Å². The van der Waals surface area contributed by atoms with E-state index in [-0.39, 0.29) is 0 Å². The van der Waals surface area contributed by atoms with Crippen LogP contribution in [0.2, 0.25) is 0 Å². The van der Waals surface area contributed by atoms with Crippen LogP contribution < -0.4 is 5.32 Å². The molecule has 2 fully saturated rings. The number of aliphatic hydroxyl groups is 3. The highest BCUT2D eigenvalue weighted by atomic mass is 16.7. The van der Waals surface area contributed by atoms with Gasteiger partial charge in [-0.3, -0.25) is 24.0 Å². The van der Waals surface area contributed by atoms with Crippen molar-refractivity contribution in [1.82, 2.24) is 5.32 Å². The first-order valence-corrected chi connectivity index (χ1v) is 11.6. The Bertz CT molecular complexity index is 881. The van der Waals surface area contributed by atoms with Crippen LogP contribution in [0.1, 0.15) is 34.6 Å². The molecule has 38 heavy (non-hydrogen) atoms. The van der Waals surface area contributed by atoms with Crippen molar-refractivity contribution < 1.29 is 72.5 Å². The minimum Gasteiger partial charge on any atom is -0.463 e. The number of ether oxygens (including phenoxy) is 7. The maximum Gasteiger partial charge on any atom is 0.303 e. The Hall–Kier alpha value is -2.89. The second-order valence-corrected chi connectivity index (χ2v) is 8.63. The number of amides is 1. The molecule has 16 nitrogen and oxygen atoms in total. The Morgan fingerprint density at radius 2 is 1.29 bits per heavy atom. The zero-order valence-corrected chi connectivity index (χ0v) is 21.4. The van der Waals surface area contributed by atoms with E-state index in [1.165, 1.54) is 0 Å². The van der Waals surface area contributed by atoms with Gasteiger partial charge in [-0.25, -0.2) is 0 Å². The lowest BCUT2D eigenvalue weighted by atomic mass is 9.95. The molecule has 2 aliphatic rings. The average Bonchev–Trinajstić information content (AvgIpc) is 2.79. The van der Waals surface area contributed by atoms with Gasteiger partial charge >= 0.3 is 23.9 Å². The van der Waals surface area contributed by atoms with Gasteiger partial charge in [-0.15, -0.1) is 0 Å². The molecule has 0 spiro atoms. The number of esters is 4. The van der Waals surface area contributed by atoms with Gasteiger partial charge < -0.3 is 53.8 Å².